The molecule has 2 aliphatic carbocycles. The number of halogens is 2. The van der Waals surface area contributed by atoms with Crippen LogP contribution in [0.1, 0.15) is 25.7 Å². The van der Waals surface area contributed by atoms with E-state index in [4.69, 9.17) is 11.6 Å². The summed E-state index contributed by atoms with van der Waals surface area (Å²) in [6.45, 7) is 0. The Hall–Kier alpha value is 0.170. The zero-order valence-electron chi connectivity index (χ0n) is 5.81. The van der Waals surface area contributed by atoms with Gasteiger partial charge < -0.3 is 0 Å². The largest absolute Gasteiger partial charge is 0.322 e. The summed E-state index contributed by atoms with van der Waals surface area (Å²) in [6.07, 6.45) is 2.81. The van der Waals surface area contributed by atoms with Crippen molar-refractivity contribution in [1.82, 2.24) is 0 Å². The Bertz CT molecular complexity index is 296. The highest BCUT2D eigenvalue weighted by molar-refractivity contribution is 7.89. The first kappa shape index (κ1) is 7.80. The Balaban J connectivity index is 2.30. The first-order valence-electron chi connectivity index (χ1n) is 3.54. The fourth-order valence-corrected chi connectivity index (χ4v) is 3.50. The maximum Gasteiger partial charge on any atom is 0.322 e. The molecule has 64 valence electrons. The van der Waals surface area contributed by atoms with E-state index in [1.807, 2.05) is 0 Å². The van der Waals surface area contributed by atoms with Crippen molar-refractivity contribution in [3.05, 3.63) is 0 Å². The number of rotatable bonds is 1. The lowest BCUT2D eigenvalue weighted by Gasteiger charge is -2.27. The van der Waals surface area contributed by atoms with Gasteiger partial charge in [-0.1, -0.05) is 18.0 Å². The molecular weight excluding hydrogens is 191 g/mol. The van der Waals surface area contributed by atoms with E-state index in [2.05, 4.69) is 0 Å². The lowest BCUT2D eigenvalue weighted by Crippen LogP contribution is -2.27. The van der Waals surface area contributed by atoms with Crippen molar-refractivity contribution in [3.8, 4) is 0 Å². The van der Waals surface area contributed by atoms with Gasteiger partial charge in [0.1, 0.15) is 0 Å². The van der Waals surface area contributed by atoms with Crippen LogP contribution in [0.2, 0.25) is 0 Å². The zero-order valence-corrected chi connectivity index (χ0v) is 7.38. The van der Waals surface area contributed by atoms with E-state index in [0.29, 0.717) is 6.42 Å². The van der Waals surface area contributed by atoms with Crippen LogP contribution in [0.3, 0.4) is 0 Å². The minimum Gasteiger partial charge on any atom is -0.193 e. The molecule has 2 nitrogen and oxygen atoms in total. The van der Waals surface area contributed by atoms with Crippen LogP contribution >= 0.6 is 11.6 Å². The molecule has 5 heteroatoms. The molecule has 0 bridgehead atoms. The second-order valence-electron chi connectivity index (χ2n) is 3.48. The van der Waals surface area contributed by atoms with Gasteiger partial charge in [0.05, 0.1) is 0 Å². The predicted molar refractivity (Wildman–Crippen MR) is 39.5 cm³/mol. The Labute approximate surface area is 69.9 Å². The molecule has 0 amide bonds. The second kappa shape index (κ2) is 1.74. The average molecular weight is 199 g/mol. The first-order chi connectivity index (χ1) is 4.91. The summed E-state index contributed by atoms with van der Waals surface area (Å²) >= 11 is 5.62. The highest BCUT2D eigenvalue weighted by Gasteiger charge is 2.76. The third-order valence-corrected chi connectivity index (χ3v) is 5.37. The molecule has 0 aromatic rings. The summed E-state index contributed by atoms with van der Waals surface area (Å²) < 4.78 is 32.0. The van der Waals surface area contributed by atoms with Crippen molar-refractivity contribution in [2.45, 2.75) is 29.9 Å². The molecule has 2 aliphatic rings. The quantitative estimate of drug-likeness (QED) is 0.476. The molecule has 1 unspecified atom stereocenters. The molecule has 2 rings (SSSR count). The van der Waals surface area contributed by atoms with Gasteiger partial charge in [0.15, 0.2) is 4.21 Å². The van der Waals surface area contributed by atoms with E-state index in [-0.39, 0.29) is 5.41 Å². The molecule has 0 heterocycles. The van der Waals surface area contributed by atoms with Gasteiger partial charge in [0.2, 0.25) is 0 Å². The number of hydrogen-bond donors (Lipinski definition) is 0. The zero-order chi connectivity index (χ0) is 8.33. The maximum atomic E-state index is 12.5. The van der Waals surface area contributed by atoms with Crippen molar-refractivity contribution in [1.29, 1.82) is 0 Å². The Morgan fingerprint density at radius 1 is 1.36 bits per heavy atom. The summed E-state index contributed by atoms with van der Waals surface area (Å²) in [5, 5.41) is 0. The van der Waals surface area contributed by atoms with E-state index in [0.717, 1.165) is 19.3 Å². The third-order valence-electron chi connectivity index (χ3n) is 2.93. The SMILES string of the molecule is O=S(=O)(F)C1(Cl)CC12CCC2. The highest BCUT2D eigenvalue weighted by Crippen LogP contribution is 2.73. The summed E-state index contributed by atoms with van der Waals surface area (Å²) in [5.41, 5.74) is -0.387. The molecular formula is C6H8ClFO2S. The first-order valence-corrected chi connectivity index (χ1v) is 5.31. The van der Waals surface area contributed by atoms with Gasteiger partial charge in [-0.3, -0.25) is 0 Å². The summed E-state index contributed by atoms with van der Waals surface area (Å²) in [6, 6.07) is 0. The molecule has 0 N–H and O–H groups in total. The molecule has 0 aromatic carbocycles. The maximum absolute atomic E-state index is 12.5. The fraction of sp³-hybridized carbons (Fsp3) is 1.00. The lowest BCUT2D eigenvalue weighted by molar-refractivity contribution is 0.281. The van der Waals surface area contributed by atoms with E-state index in [1.54, 1.807) is 0 Å². The van der Waals surface area contributed by atoms with Crippen LogP contribution in [0.15, 0.2) is 0 Å². The number of alkyl halides is 1. The number of hydrogen-bond acceptors (Lipinski definition) is 2. The van der Waals surface area contributed by atoms with Crippen molar-refractivity contribution < 1.29 is 12.3 Å². The Kier molecular flexibility index (Phi) is 1.23. The summed E-state index contributed by atoms with van der Waals surface area (Å²) in [7, 11) is -4.53. The van der Waals surface area contributed by atoms with E-state index in [1.165, 1.54) is 0 Å². The molecule has 0 aromatic heterocycles. The van der Waals surface area contributed by atoms with Crippen LogP contribution in [0, 0.1) is 5.41 Å². The molecule has 0 aliphatic heterocycles. The molecule has 0 radical (unpaired) electrons. The summed E-state index contributed by atoms with van der Waals surface area (Å²) in [5.74, 6) is 0. The van der Waals surface area contributed by atoms with Gasteiger partial charge in [-0.05, 0) is 19.3 Å². The fourth-order valence-electron chi connectivity index (χ4n) is 1.89. The van der Waals surface area contributed by atoms with Gasteiger partial charge in [0, 0.05) is 5.41 Å². The molecule has 2 saturated carbocycles. The van der Waals surface area contributed by atoms with Crippen molar-refractivity contribution >= 4 is 21.8 Å². The molecule has 2 fully saturated rings. The Morgan fingerprint density at radius 2 is 1.91 bits per heavy atom. The van der Waals surface area contributed by atoms with Crippen LogP contribution in [0.4, 0.5) is 3.89 Å². The average Bonchev–Trinajstić information content (AvgIpc) is 2.34. The van der Waals surface area contributed by atoms with Crippen molar-refractivity contribution in [3.63, 3.8) is 0 Å². The normalized spacial score (nSPS) is 40.2. The van der Waals surface area contributed by atoms with Crippen molar-refractivity contribution in [2.75, 3.05) is 0 Å². The topological polar surface area (TPSA) is 34.1 Å². The monoisotopic (exact) mass is 198 g/mol. The molecule has 11 heavy (non-hydrogen) atoms. The molecule has 0 saturated heterocycles. The van der Waals surface area contributed by atoms with Crippen LogP contribution in [0.25, 0.3) is 0 Å². The van der Waals surface area contributed by atoms with Gasteiger partial charge in [-0.15, -0.1) is 3.89 Å². The van der Waals surface area contributed by atoms with Crippen LogP contribution < -0.4 is 0 Å². The van der Waals surface area contributed by atoms with Crippen LogP contribution in [0.5, 0.6) is 0 Å². The molecule has 1 atom stereocenters. The predicted octanol–water partition coefficient (Wildman–Crippen LogP) is 1.79. The van der Waals surface area contributed by atoms with Gasteiger partial charge >= 0.3 is 10.2 Å². The van der Waals surface area contributed by atoms with E-state index in [9.17, 15) is 12.3 Å². The second-order valence-corrected chi connectivity index (χ2v) is 5.92. The minimum absolute atomic E-state index is 0.306. The smallest absolute Gasteiger partial charge is 0.193 e. The van der Waals surface area contributed by atoms with Crippen LogP contribution in [-0.2, 0) is 10.2 Å². The van der Waals surface area contributed by atoms with Gasteiger partial charge in [0.25, 0.3) is 0 Å². The third kappa shape index (κ3) is 0.746. The molecule has 1 spiro atoms. The summed E-state index contributed by atoms with van der Waals surface area (Å²) in [4.78, 5) is 0. The minimum atomic E-state index is -4.53. The lowest BCUT2D eigenvalue weighted by atomic mass is 9.82. The Morgan fingerprint density at radius 3 is 2.00 bits per heavy atom. The van der Waals surface area contributed by atoms with Gasteiger partial charge in [-0.2, -0.15) is 8.42 Å². The van der Waals surface area contributed by atoms with E-state index >= 15 is 0 Å². The van der Waals surface area contributed by atoms with Crippen molar-refractivity contribution in [2.24, 2.45) is 5.41 Å². The van der Waals surface area contributed by atoms with E-state index < -0.39 is 14.4 Å². The highest BCUT2D eigenvalue weighted by atomic mass is 35.5. The van der Waals surface area contributed by atoms with Gasteiger partial charge in [-0.25, -0.2) is 0 Å². The van der Waals surface area contributed by atoms with Crippen LogP contribution in [-0.4, -0.2) is 12.6 Å². The standard InChI is InChI=1S/C6H8ClFO2S/c7-6(11(8,9)10)4-5(6)2-1-3-5/h1-4H2.